The Hall–Kier alpha value is -0.610. The van der Waals surface area contributed by atoms with E-state index in [0.717, 1.165) is 0 Å². The molecule has 0 aromatic rings. The van der Waals surface area contributed by atoms with Gasteiger partial charge in [-0.3, -0.25) is 0 Å². The zero-order valence-corrected chi connectivity index (χ0v) is 14.7. The molecule has 0 radical (unpaired) electrons. The van der Waals surface area contributed by atoms with Crippen LogP contribution in [0.1, 0.15) is 47.0 Å². The van der Waals surface area contributed by atoms with E-state index in [2.05, 4.69) is 0 Å². The van der Waals surface area contributed by atoms with Gasteiger partial charge in [-0.2, -0.15) is 26.3 Å². The lowest BCUT2D eigenvalue weighted by atomic mass is 9.91. The summed E-state index contributed by atoms with van der Waals surface area (Å²) in [4.78, 5) is 0. The summed E-state index contributed by atoms with van der Waals surface area (Å²) in [6.45, 7) is 5.79. The van der Waals surface area contributed by atoms with Gasteiger partial charge in [-0.25, -0.2) is 4.39 Å². The van der Waals surface area contributed by atoms with E-state index in [9.17, 15) is 30.7 Å². The third-order valence-corrected chi connectivity index (χ3v) is 3.75. The predicted octanol–water partition coefficient (Wildman–Crippen LogP) is 4.57. The van der Waals surface area contributed by atoms with Crippen LogP contribution in [0.4, 0.5) is 30.7 Å². The number of hydrogen-bond donors (Lipinski definition) is 1. The first-order valence-corrected chi connectivity index (χ1v) is 7.69. The normalized spacial score (nSPS) is 14.9. The zero-order valence-electron chi connectivity index (χ0n) is 14.7. The molecule has 10 heteroatoms. The summed E-state index contributed by atoms with van der Waals surface area (Å²) in [5.41, 5.74) is -7.33. The molecule has 0 aliphatic heterocycles. The largest absolute Gasteiger partial charge is 0.431 e. The third kappa shape index (κ3) is 7.65. The van der Waals surface area contributed by atoms with Crippen LogP contribution in [0.15, 0.2) is 0 Å². The van der Waals surface area contributed by atoms with E-state index in [4.69, 9.17) is 14.6 Å². The van der Waals surface area contributed by atoms with Gasteiger partial charge in [0.1, 0.15) is 0 Å². The second-order valence-corrected chi connectivity index (χ2v) is 6.99. The van der Waals surface area contributed by atoms with Gasteiger partial charge in [-0.1, -0.05) is 0 Å². The monoisotopic (exact) mass is 386 g/mol. The molecule has 0 aliphatic carbocycles. The minimum absolute atomic E-state index is 0.0236. The highest BCUT2D eigenvalue weighted by Crippen LogP contribution is 2.49. The molecule has 0 saturated heterocycles. The first kappa shape index (κ1) is 24.4. The Balaban J connectivity index is 4.62. The van der Waals surface area contributed by atoms with E-state index in [-0.39, 0.29) is 19.8 Å². The van der Waals surface area contributed by atoms with E-state index in [1.165, 1.54) is 13.8 Å². The Kier molecular flexibility index (Phi) is 8.18. The van der Waals surface area contributed by atoms with Gasteiger partial charge >= 0.3 is 12.4 Å². The molecule has 0 amide bonds. The van der Waals surface area contributed by atoms with Crippen molar-refractivity contribution >= 4 is 0 Å². The number of rotatable bonds is 10. The molecule has 0 aromatic heterocycles. The summed E-state index contributed by atoms with van der Waals surface area (Å²) in [6, 6.07) is 0. The molecular weight excluding hydrogens is 361 g/mol. The van der Waals surface area contributed by atoms with Crippen LogP contribution in [-0.4, -0.2) is 54.2 Å². The minimum Gasteiger partial charge on any atom is -0.396 e. The number of hydrogen-bond acceptors (Lipinski definition) is 3. The van der Waals surface area contributed by atoms with E-state index in [1.54, 1.807) is 13.8 Å². The van der Waals surface area contributed by atoms with Crippen LogP contribution < -0.4 is 0 Å². The molecule has 0 atom stereocenters. The smallest absolute Gasteiger partial charge is 0.396 e. The maximum Gasteiger partial charge on any atom is 0.431 e. The Morgan fingerprint density at radius 1 is 0.640 bits per heavy atom. The van der Waals surface area contributed by atoms with Gasteiger partial charge in [0.05, 0.1) is 24.4 Å². The van der Waals surface area contributed by atoms with E-state index in [0.29, 0.717) is 6.42 Å². The first-order valence-electron chi connectivity index (χ1n) is 7.69. The molecular formula is C15H25F7O3. The van der Waals surface area contributed by atoms with Crippen molar-refractivity contribution in [2.75, 3.05) is 19.8 Å². The molecule has 0 bridgehead atoms. The van der Waals surface area contributed by atoms with Gasteiger partial charge in [0.2, 0.25) is 0 Å². The molecule has 0 saturated carbocycles. The fourth-order valence-electron chi connectivity index (χ4n) is 1.97. The standard InChI is InChI=1S/C15H25F7O3/c1-11(2,24-9-10-25-12(3,4)7-8-23)5-6-13(16,14(17,18)19)15(20,21)22/h23H,5-10H2,1-4H3. The molecule has 0 aromatic carbocycles. The summed E-state index contributed by atoms with van der Waals surface area (Å²) in [7, 11) is 0. The fraction of sp³-hybridized carbons (Fsp3) is 1.00. The van der Waals surface area contributed by atoms with Crippen LogP contribution >= 0.6 is 0 Å². The van der Waals surface area contributed by atoms with Crippen molar-refractivity contribution in [3.63, 3.8) is 0 Å². The molecule has 0 rings (SSSR count). The van der Waals surface area contributed by atoms with Gasteiger partial charge < -0.3 is 14.6 Å². The summed E-state index contributed by atoms with van der Waals surface area (Å²) in [5.74, 6) is 0. The first-order chi connectivity index (χ1) is 11.0. The molecule has 0 heterocycles. The Bertz CT molecular complexity index is 389. The van der Waals surface area contributed by atoms with Crippen molar-refractivity contribution in [1.29, 1.82) is 0 Å². The van der Waals surface area contributed by atoms with Gasteiger partial charge in [-0.15, -0.1) is 0 Å². The number of ether oxygens (including phenoxy) is 2. The lowest BCUT2D eigenvalue weighted by molar-refractivity contribution is -0.345. The van der Waals surface area contributed by atoms with Crippen molar-refractivity contribution < 1.29 is 45.3 Å². The SMILES string of the molecule is CC(C)(CCO)OCCOC(C)(C)CCC(F)(C(F)(F)F)C(F)(F)F. The molecule has 0 aliphatic rings. The highest BCUT2D eigenvalue weighted by Gasteiger charge is 2.72. The molecule has 152 valence electrons. The highest BCUT2D eigenvalue weighted by molar-refractivity contribution is 4.95. The van der Waals surface area contributed by atoms with Gasteiger partial charge in [0.15, 0.2) is 0 Å². The average molecular weight is 386 g/mol. The lowest BCUT2D eigenvalue weighted by Gasteiger charge is -2.33. The van der Waals surface area contributed by atoms with Crippen LogP contribution in [0.2, 0.25) is 0 Å². The predicted molar refractivity (Wildman–Crippen MR) is 76.9 cm³/mol. The average Bonchev–Trinajstić information content (AvgIpc) is 2.38. The summed E-state index contributed by atoms with van der Waals surface area (Å²) >= 11 is 0. The molecule has 3 nitrogen and oxygen atoms in total. The van der Waals surface area contributed by atoms with Gasteiger partial charge in [0, 0.05) is 13.0 Å². The zero-order chi connectivity index (χ0) is 20.2. The van der Waals surface area contributed by atoms with Crippen LogP contribution in [0, 0.1) is 0 Å². The van der Waals surface area contributed by atoms with Gasteiger partial charge in [0.25, 0.3) is 5.67 Å². The molecule has 0 spiro atoms. The number of halogens is 7. The van der Waals surface area contributed by atoms with Crippen molar-refractivity contribution in [1.82, 2.24) is 0 Å². The molecule has 0 fully saturated rings. The lowest BCUT2D eigenvalue weighted by Crippen LogP contribution is -2.54. The molecule has 1 N–H and O–H groups in total. The fourth-order valence-corrected chi connectivity index (χ4v) is 1.97. The summed E-state index contributed by atoms with van der Waals surface area (Å²) in [6.07, 6.45) is -14.3. The number of alkyl halides is 7. The molecule has 25 heavy (non-hydrogen) atoms. The number of aliphatic hydroxyl groups excluding tert-OH is 1. The van der Waals surface area contributed by atoms with Crippen LogP contribution in [0.5, 0.6) is 0 Å². The topological polar surface area (TPSA) is 38.7 Å². The van der Waals surface area contributed by atoms with Crippen molar-refractivity contribution in [2.24, 2.45) is 0 Å². The summed E-state index contributed by atoms with van der Waals surface area (Å²) in [5, 5.41) is 8.83. The van der Waals surface area contributed by atoms with E-state index < -0.39 is 42.1 Å². The maximum atomic E-state index is 13.6. The van der Waals surface area contributed by atoms with Crippen molar-refractivity contribution in [3.8, 4) is 0 Å². The quantitative estimate of drug-likeness (QED) is 0.442. The Morgan fingerprint density at radius 2 is 1.00 bits per heavy atom. The Morgan fingerprint density at radius 3 is 1.32 bits per heavy atom. The van der Waals surface area contributed by atoms with Crippen molar-refractivity contribution in [2.45, 2.75) is 76.2 Å². The summed E-state index contributed by atoms with van der Waals surface area (Å²) < 4.78 is 99.3. The van der Waals surface area contributed by atoms with Gasteiger partial charge in [-0.05, 0) is 40.5 Å². The third-order valence-electron chi connectivity index (χ3n) is 3.75. The second-order valence-electron chi connectivity index (χ2n) is 6.99. The van der Waals surface area contributed by atoms with Crippen LogP contribution in [-0.2, 0) is 9.47 Å². The van der Waals surface area contributed by atoms with E-state index >= 15 is 0 Å². The Labute approximate surface area is 142 Å². The highest BCUT2D eigenvalue weighted by atomic mass is 19.4. The van der Waals surface area contributed by atoms with E-state index in [1.807, 2.05) is 0 Å². The molecule has 0 unspecified atom stereocenters. The minimum atomic E-state index is -6.06. The maximum absolute atomic E-state index is 13.6. The second kappa shape index (κ2) is 8.39. The number of aliphatic hydroxyl groups is 1. The van der Waals surface area contributed by atoms with Crippen LogP contribution in [0.3, 0.4) is 0 Å². The van der Waals surface area contributed by atoms with Crippen LogP contribution in [0.25, 0.3) is 0 Å². The van der Waals surface area contributed by atoms with Crippen molar-refractivity contribution in [3.05, 3.63) is 0 Å².